The zero-order chi connectivity index (χ0) is 12.4. The van der Waals surface area contributed by atoms with Crippen molar-refractivity contribution in [3.63, 3.8) is 0 Å². The van der Waals surface area contributed by atoms with Crippen LogP contribution in [0.15, 0.2) is 16.6 Å². The van der Waals surface area contributed by atoms with E-state index in [4.69, 9.17) is 5.73 Å². The fraction of sp³-hybridized carbons (Fsp3) is 0.538. The van der Waals surface area contributed by atoms with Gasteiger partial charge in [-0.2, -0.15) is 0 Å². The molecule has 1 aliphatic carbocycles. The minimum Gasteiger partial charge on any atom is -0.324 e. The molecule has 4 heteroatoms. The number of benzene rings is 1. The van der Waals surface area contributed by atoms with Crippen LogP contribution in [-0.2, 0) is 0 Å². The van der Waals surface area contributed by atoms with Crippen molar-refractivity contribution in [1.82, 2.24) is 0 Å². The minimum atomic E-state index is -0.546. The molecule has 1 nitrogen and oxygen atoms in total. The first-order valence-electron chi connectivity index (χ1n) is 5.99. The molecule has 0 radical (unpaired) electrons. The molecular weight excluding hydrogens is 288 g/mol. The van der Waals surface area contributed by atoms with Gasteiger partial charge in [0.1, 0.15) is 11.6 Å². The Kier molecular flexibility index (Phi) is 4.15. The van der Waals surface area contributed by atoms with Crippen molar-refractivity contribution in [2.45, 2.75) is 38.1 Å². The van der Waals surface area contributed by atoms with Gasteiger partial charge in [0.25, 0.3) is 0 Å². The van der Waals surface area contributed by atoms with Crippen molar-refractivity contribution in [3.05, 3.63) is 33.8 Å². The Morgan fingerprint density at radius 3 is 2.18 bits per heavy atom. The first kappa shape index (κ1) is 13.0. The summed E-state index contributed by atoms with van der Waals surface area (Å²) in [6, 6.07) is 2.03. The summed E-state index contributed by atoms with van der Waals surface area (Å²) in [6.45, 7) is 0. The maximum Gasteiger partial charge on any atom is 0.132 e. The molecule has 1 aliphatic rings. The number of rotatable bonds is 2. The maximum atomic E-state index is 13.8. The standard InChI is InChI=1S/C13H16BrF2N/c14-9-6-10(15)12(11(16)7-9)13(17)8-4-2-1-3-5-8/h6-8,13H,1-5,17H2/t13-/m0/s1. The fourth-order valence-electron chi connectivity index (χ4n) is 2.60. The Balaban J connectivity index is 2.26. The molecule has 1 fully saturated rings. The molecule has 1 aromatic rings. The van der Waals surface area contributed by atoms with Crippen LogP contribution in [0.1, 0.15) is 43.7 Å². The van der Waals surface area contributed by atoms with E-state index in [-0.39, 0.29) is 11.5 Å². The van der Waals surface area contributed by atoms with E-state index in [2.05, 4.69) is 15.9 Å². The highest BCUT2D eigenvalue weighted by Crippen LogP contribution is 2.35. The first-order chi connectivity index (χ1) is 8.09. The Bertz CT molecular complexity index is 379. The zero-order valence-electron chi connectivity index (χ0n) is 9.56. The second-order valence-corrected chi connectivity index (χ2v) is 5.62. The van der Waals surface area contributed by atoms with Gasteiger partial charge in [0.15, 0.2) is 0 Å². The smallest absolute Gasteiger partial charge is 0.132 e. The van der Waals surface area contributed by atoms with Crippen LogP contribution >= 0.6 is 15.9 Å². The van der Waals surface area contributed by atoms with Gasteiger partial charge in [-0.05, 0) is 30.9 Å². The second-order valence-electron chi connectivity index (χ2n) is 4.71. The Hall–Kier alpha value is -0.480. The van der Waals surface area contributed by atoms with E-state index in [0.29, 0.717) is 4.47 Å². The molecule has 0 unspecified atom stereocenters. The van der Waals surface area contributed by atoms with E-state index in [1.54, 1.807) is 0 Å². The van der Waals surface area contributed by atoms with E-state index in [1.807, 2.05) is 0 Å². The molecular formula is C13H16BrF2N. The molecule has 0 aromatic heterocycles. The molecule has 0 heterocycles. The highest BCUT2D eigenvalue weighted by molar-refractivity contribution is 9.10. The van der Waals surface area contributed by atoms with Crippen LogP contribution < -0.4 is 5.73 Å². The summed E-state index contributed by atoms with van der Waals surface area (Å²) in [6.07, 6.45) is 5.36. The van der Waals surface area contributed by atoms with Crippen LogP contribution in [0.25, 0.3) is 0 Å². The molecule has 0 bridgehead atoms. The molecule has 1 atom stereocenters. The molecule has 1 saturated carbocycles. The van der Waals surface area contributed by atoms with E-state index < -0.39 is 17.7 Å². The van der Waals surface area contributed by atoms with E-state index in [9.17, 15) is 8.78 Å². The number of halogens is 3. The molecule has 17 heavy (non-hydrogen) atoms. The van der Waals surface area contributed by atoms with Gasteiger partial charge in [0.2, 0.25) is 0 Å². The van der Waals surface area contributed by atoms with Crippen LogP contribution in [-0.4, -0.2) is 0 Å². The lowest BCUT2D eigenvalue weighted by Gasteiger charge is -2.28. The summed E-state index contributed by atoms with van der Waals surface area (Å²) in [5, 5.41) is 0. The highest BCUT2D eigenvalue weighted by Gasteiger charge is 2.26. The van der Waals surface area contributed by atoms with E-state index >= 15 is 0 Å². The molecule has 0 saturated heterocycles. The summed E-state index contributed by atoms with van der Waals surface area (Å²) in [5.41, 5.74) is 6.07. The van der Waals surface area contributed by atoms with Crippen LogP contribution in [0.3, 0.4) is 0 Å². The maximum absolute atomic E-state index is 13.8. The third kappa shape index (κ3) is 2.86. The topological polar surface area (TPSA) is 26.0 Å². The molecule has 2 N–H and O–H groups in total. The third-order valence-electron chi connectivity index (χ3n) is 3.53. The zero-order valence-corrected chi connectivity index (χ0v) is 11.1. The lowest BCUT2D eigenvalue weighted by molar-refractivity contribution is 0.298. The quantitative estimate of drug-likeness (QED) is 0.866. The molecule has 0 aliphatic heterocycles. The second kappa shape index (κ2) is 5.44. The van der Waals surface area contributed by atoms with E-state index in [1.165, 1.54) is 18.6 Å². The summed E-state index contributed by atoms with van der Waals surface area (Å²) in [7, 11) is 0. The lowest BCUT2D eigenvalue weighted by atomic mass is 9.81. The largest absolute Gasteiger partial charge is 0.324 e. The monoisotopic (exact) mass is 303 g/mol. The normalized spacial score (nSPS) is 19.3. The van der Waals surface area contributed by atoms with Gasteiger partial charge in [0, 0.05) is 16.1 Å². The van der Waals surface area contributed by atoms with Gasteiger partial charge in [-0.15, -0.1) is 0 Å². The molecule has 0 spiro atoms. The molecule has 1 aromatic carbocycles. The summed E-state index contributed by atoms with van der Waals surface area (Å²) in [5.74, 6) is -0.890. The van der Waals surface area contributed by atoms with Crippen molar-refractivity contribution < 1.29 is 8.78 Å². The summed E-state index contributed by atoms with van der Waals surface area (Å²) < 4.78 is 27.9. The predicted molar refractivity (Wildman–Crippen MR) is 67.6 cm³/mol. The van der Waals surface area contributed by atoms with Crippen LogP contribution in [0.5, 0.6) is 0 Å². The molecule has 2 rings (SSSR count). The number of nitrogens with two attached hydrogens (primary N) is 1. The average Bonchev–Trinajstić information content (AvgIpc) is 2.28. The third-order valence-corrected chi connectivity index (χ3v) is 3.99. The van der Waals surface area contributed by atoms with Gasteiger partial charge >= 0.3 is 0 Å². The number of hydrogen-bond donors (Lipinski definition) is 1. The summed E-state index contributed by atoms with van der Waals surface area (Å²) >= 11 is 3.07. The Morgan fingerprint density at radius 2 is 1.65 bits per heavy atom. The van der Waals surface area contributed by atoms with Gasteiger partial charge in [-0.1, -0.05) is 35.2 Å². The molecule has 94 valence electrons. The van der Waals surface area contributed by atoms with Crippen LogP contribution in [0.4, 0.5) is 8.78 Å². The van der Waals surface area contributed by atoms with Crippen molar-refractivity contribution in [2.75, 3.05) is 0 Å². The SMILES string of the molecule is N[C@H](c1c(F)cc(Br)cc1F)C1CCCCC1. The fourth-order valence-corrected chi connectivity index (χ4v) is 3.00. The molecule has 0 amide bonds. The van der Waals surface area contributed by atoms with Crippen molar-refractivity contribution >= 4 is 15.9 Å². The number of hydrogen-bond acceptors (Lipinski definition) is 1. The van der Waals surface area contributed by atoms with Gasteiger partial charge in [-0.3, -0.25) is 0 Å². The van der Waals surface area contributed by atoms with Crippen molar-refractivity contribution in [1.29, 1.82) is 0 Å². The van der Waals surface area contributed by atoms with Crippen molar-refractivity contribution in [3.8, 4) is 0 Å². The minimum absolute atomic E-state index is 0.0418. The van der Waals surface area contributed by atoms with Gasteiger partial charge in [0.05, 0.1) is 0 Å². The van der Waals surface area contributed by atoms with Gasteiger partial charge < -0.3 is 5.73 Å². The van der Waals surface area contributed by atoms with Crippen LogP contribution in [0, 0.1) is 17.6 Å². The first-order valence-corrected chi connectivity index (χ1v) is 6.79. The Labute approximate surface area is 109 Å². The lowest BCUT2D eigenvalue weighted by Crippen LogP contribution is -2.25. The predicted octanol–water partition coefficient (Wildman–Crippen LogP) is 4.31. The summed E-state index contributed by atoms with van der Waals surface area (Å²) in [4.78, 5) is 0. The van der Waals surface area contributed by atoms with Crippen LogP contribution in [0.2, 0.25) is 0 Å². The van der Waals surface area contributed by atoms with Crippen molar-refractivity contribution in [2.24, 2.45) is 11.7 Å². The Morgan fingerprint density at radius 1 is 1.12 bits per heavy atom. The van der Waals surface area contributed by atoms with Gasteiger partial charge in [-0.25, -0.2) is 8.78 Å². The van der Waals surface area contributed by atoms with E-state index in [0.717, 1.165) is 25.7 Å². The highest BCUT2D eigenvalue weighted by atomic mass is 79.9. The average molecular weight is 304 g/mol.